The molecule has 2 rings (SSSR count). The van der Waals surface area contributed by atoms with Gasteiger partial charge < -0.3 is 25.8 Å². The molecule has 0 aromatic carbocycles. The number of amides is 1. The van der Waals surface area contributed by atoms with Crippen molar-refractivity contribution in [3.05, 3.63) is 32.6 Å². The number of nitrogens with zero attached hydrogens (tertiary/aromatic N) is 1. The van der Waals surface area contributed by atoms with Crippen molar-refractivity contribution in [1.82, 2.24) is 9.55 Å². The molecule has 0 unspecified atom stereocenters. The Morgan fingerprint density at radius 2 is 2.05 bits per heavy atom. The average molecular weight is 301 g/mol. The number of aliphatic hydroxyl groups excluding tert-OH is 3. The van der Waals surface area contributed by atoms with Crippen LogP contribution in [0.2, 0.25) is 0 Å². The van der Waals surface area contributed by atoms with Gasteiger partial charge in [0.1, 0.15) is 18.3 Å². The van der Waals surface area contributed by atoms with Crippen LogP contribution in [0.3, 0.4) is 0 Å². The first-order valence-electron chi connectivity index (χ1n) is 6.10. The smallest absolute Gasteiger partial charge is 0.330 e. The fraction of sp³-hybridized carbons (Fsp3) is 0.545. The first-order chi connectivity index (χ1) is 9.85. The Kier molecular flexibility index (Phi) is 4.23. The Labute approximate surface area is 117 Å². The van der Waals surface area contributed by atoms with Crippen molar-refractivity contribution in [2.24, 2.45) is 5.73 Å². The van der Waals surface area contributed by atoms with E-state index in [1.165, 1.54) is 0 Å². The molecule has 1 amide bonds. The van der Waals surface area contributed by atoms with Crippen molar-refractivity contribution in [2.45, 2.75) is 31.0 Å². The summed E-state index contributed by atoms with van der Waals surface area (Å²) >= 11 is 0. The molecule has 0 saturated carbocycles. The van der Waals surface area contributed by atoms with Gasteiger partial charge in [-0.25, -0.2) is 4.79 Å². The standard InChI is InChI=1S/C11H15N3O7/c12-6(16)1-4-2-14(11(20)13-9(4)19)10-8(18)7(17)5(3-15)21-10/h2,5,7-8,10,15,17-18H,1,3H2,(H2,12,16)(H,13,19,20)/t5-,7+,8+,10-/m1/s1. The number of nitrogens with two attached hydrogens (primary N) is 1. The van der Waals surface area contributed by atoms with Gasteiger partial charge in [-0.05, 0) is 0 Å². The molecule has 6 N–H and O–H groups in total. The molecule has 1 aliphatic rings. The molecule has 2 heterocycles. The number of hydrogen-bond acceptors (Lipinski definition) is 7. The van der Waals surface area contributed by atoms with Gasteiger partial charge in [0, 0.05) is 11.8 Å². The third kappa shape index (κ3) is 2.88. The van der Waals surface area contributed by atoms with Gasteiger partial charge in [0.2, 0.25) is 5.91 Å². The second-order valence-corrected chi connectivity index (χ2v) is 4.69. The van der Waals surface area contributed by atoms with Crippen molar-refractivity contribution >= 4 is 5.91 Å². The van der Waals surface area contributed by atoms with Crippen molar-refractivity contribution in [2.75, 3.05) is 6.61 Å². The number of carbonyl (C=O) groups excluding carboxylic acids is 1. The van der Waals surface area contributed by atoms with E-state index in [2.05, 4.69) is 0 Å². The normalized spacial score (nSPS) is 28.7. The minimum atomic E-state index is -1.48. The molecule has 1 aromatic rings. The van der Waals surface area contributed by atoms with Crippen molar-refractivity contribution in [3.63, 3.8) is 0 Å². The Morgan fingerprint density at radius 1 is 1.38 bits per heavy atom. The molecule has 1 saturated heterocycles. The fourth-order valence-corrected chi connectivity index (χ4v) is 2.14. The SMILES string of the molecule is NC(=O)Cc1cn([C@@H]2O[C@H](CO)[C@H](O)[C@@H]2O)c(=O)[nH]c1=O. The highest BCUT2D eigenvalue weighted by molar-refractivity contribution is 5.76. The van der Waals surface area contributed by atoms with E-state index in [4.69, 9.17) is 15.6 Å². The topological polar surface area (TPSA) is 168 Å². The summed E-state index contributed by atoms with van der Waals surface area (Å²) in [7, 11) is 0. The molecule has 0 aliphatic carbocycles. The lowest BCUT2D eigenvalue weighted by Crippen LogP contribution is -2.39. The van der Waals surface area contributed by atoms with Gasteiger partial charge in [-0.15, -0.1) is 0 Å². The van der Waals surface area contributed by atoms with Crippen LogP contribution < -0.4 is 17.0 Å². The predicted octanol–water partition coefficient (Wildman–Crippen LogP) is -3.82. The summed E-state index contributed by atoms with van der Waals surface area (Å²) in [4.78, 5) is 36.2. The Bertz CT molecular complexity index is 652. The maximum absolute atomic E-state index is 11.8. The van der Waals surface area contributed by atoms with Gasteiger partial charge in [-0.3, -0.25) is 19.1 Å². The van der Waals surface area contributed by atoms with Gasteiger partial charge in [0.05, 0.1) is 13.0 Å². The molecule has 10 nitrogen and oxygen atoms in total. The third-order valence-electron chi connectivity index (χ3n) is 3.20. The van der Waals surface area contributed by atoms with Crippen molar-refractivity contribution in [3.8, 4) is 0 Å². The minimum absolute atomic E-state index is 0.0835. The number of aromatic amines is 1. The van der Waals surface area contributed by atoms with Crippen LogP contribution in [-0.2, 0) is 16.0 Å². The lowest BCUT2D eigenvalue weighted by atomic mass is 10.1. The number of primary amides is 1. The van der Waals surface area contributed by atoms with E-state index >= 15 is 0 Å². The van der Waals surface area contributed by atoms with E-state index in [-0.39, 0.29) is 5.56 Å². The lowest BCUT2D eigenvalue weighted by Gasteiger charge is -2.17. The quantitative estimate of drug-likeness (QED) is 0.379. The van der Waals surface area contributed by atoms with E-state index < -0.39 is 54.7 Å². The summed E-state index contributed by atoms with van der Waals surface area (Å²) in [6.45, 7) is -0.555. The van der Waals surface area contributed by atoms with Crippen LogP contribution in [-0.4, -0.2) is 55.7 Å². The molecule has 1 aliphatic heterocycles. The predicted molar refractivity (Wildman–Crippen MR) is 67.2 cm³/mol. The molecule has 116 valence electrons. The van der Waals surface area contributed by atoms with Gasteiger partial charge in [-0.1, -0.05) is 0 Å². The Balaban J connectivity index is 2.42. The number of nitrogens with one attached hydrogen (secondary N) is 1. The molecular weight excluding hydrogens is 286 g/mol. The lowest BCUT2D eigenvalue weighted by molar-refractivity contribution is -0.117. The van der Waals surface area contributed by atoms with Crippen LogP contribution >= 0.6 is 0 Å². The monoisotopic (exact) mass is 301 g/mol. The summed E-state index contributed by atoms with van der Waals surface area (Å²) in [5.41, 5.74) is 3.25. The number of carbonyl (C=O) groups is 1. The maximum atomic E-state index is 11.8. The van der Waals surface area contributed by atoms with Crippen LogP contribution in [0.25, 0.3) is 0 Å². The van der Waals surface area contributed by atoms with Crippen molar-refractivity contribution in [1.29, 1.82) is 0 Å². The number of aliphatic hydroxyl groups is 3. The molecule has 4 atom stereocenters. The Morgan fingerprint density at radius 3 is 2.57 bits per heavy atom. The summed E-state index contributed by atoms with van der Waals surface area (Å²) < 4.78 is 6.01. The molecular formula is C11H15N3O7. The van der Waals surface area contributed by atoms with Gasteiger partial charge >= 0.3 is 5.69 Å². The van der Waals surface area contributed by atoms with Crippen LogP contribution in [0.4, 0.5) is 0 Å². The second kappa shape index (κ2) is 5.77. The first kappa shape index (κ1) is 15.4. The van der Waals surface area contributed by atoms with Crippen LogP contribution in [0, 0.1) is 0 Å². The summed E-state index contributed by atoms with van der Waals surface area (Å²) in [5, 5.41) is 28.5. The van der Waals surface area contributed by atoms with Gasteiger partial charge in [-0.2, -0.15) is 0 Å². The Hall–Kier alpha value is -2.01. The highest BCUT2D eigenvalue weighted by atomic mass is 16.6. The van der Waals surface area contributed by atoms with Gasteiger partial charge in [0.25, 0.3) is 5.56 Å². The third-order valence-corrected chi connectivity index (χ3v) is 3.20. The molecule has 0 spiro atoms. The summed E-state index contributed by atoms with van der Waals surface area (Å²) in [6.07, 6.45) is -4.60. The fourth-order valence-electron chi connectivity index (χ4n) is 2.14. The molecule has 21 heavy (non-hydrogen) atoms. The largest absolute Gasteiger partial charge is 0.394 e. The molecule has 1 aromatic heterocycles. The zero-order valence-corrected chi connectivity index (χ0v) is 10.8. The molecule has 10 heteroatoms. The highest BCUT2D eigenvalue weighted by Crippen LogP contribution is 2.27. The number of H-pyrrole nitrogens is 1. The van der Waals surface area contributed by atoms with E-state index in [0.717, 1.165) is 10.8 Å². The molecule has 0 bridgehead atoms. The van der Waals surface area contributed by atoms with Crippen LogP contribution in [0.5, 0.6) is 0 Å². The molecule has 0 radical (unpaired) electrons. The number of aromatic nitrogens is 2. The zero-order valence-electron chi connectivity index (χ0n) is 10.8. The van der Waals surface area contributed by atoms with E-state index in [1.807, 2.05) is 4.98 Å². The second-order valence-electron chi connectivity index (χ2n) is 4.69. The van der Waals surface area contributed by atoms with E-state index in [1.54, 1.807) is 0 Å². The minimum Gasteiger partial charge on any atom is -0.394 e. The average Bonchev–Trinajstić information content (AvgIpc) is 2.69. The number of hydrogen-bond donors (Lipinski definition) is 5. The number of ether oxygens (including phenoxy) is 1. The highest BCUT2D eigenvalue weighted by Gasteiger charge is 2.43. The molecule has 1 fully saturated rings. The zero-order chi connectivity index (χ0) is 15.7. The van der Waals surface area contributed by atoms with Crippen LogP contribution in [0.15, 0.2) is 15.8 Å². The maximum Gasteiger partial charge on any atom is 0.330 e. The summed E-state index contributed by atoms with van der Waals surface area (Å²) in [5.74, 6) is -0.771. The van der Waals surface area contributed by atoms with Crippen molar-refractivity contribution < 1.29 is 24.9 Å². The van der Waals surface area contributed by atoms with Crippen LogP contribution in [0.1, 0.15) is 11.8 Å². The first-order valence-corrected chi connectivity index (χ1v) is 6.10. The number of rotatable bonds is 4. The summed E-state index contributed by atoms with van der Waals surface area (Å²) in [6, 6.07) is 0. The van der Waals surface area contributed by atoms with Gasteiger partial charge in [0.15, 0.2) is 6.23 Å². The van der Waals surface area contributed by atoms with E-state index in [0.29, 0.717) is 0 Å². The van der Waals surface area contributed by atoms with E-state index in [9.17, 15) is 24.6 Å².